The lowest BCUT2D eigenvalue weighted by molar-refractivity contribution is 0.257. The maximum absolute atomic E-state index is 13.0. The second-order valence-corrected chi connectivity index (χ2v) is 9.84. The van der Waals surface area contributed by atoms with Crippen LogP contribution in [0, 0.1) is 5.92 Å². The molecule has 5 nitrogen and oxygen atoms in total. The van der Waals surface area contributed by atoms with Crippen LogP contribution in [-0.2, 0) is 10.0 Å². The molecular formula is C22H32N2O3S. The van der Waals surface area contributed by atoms with Gasteiger partial charge in [-0.15, -0.1) is 0 Å². The van der Waals surface area contributed by atoms with Gasteiger partial charge >= 0.3 is 0 Å². The zero-order valence-corrected chi connectivity index (χ0v) is 18.1. The Kier molecular flexibility index (Phi) is 6.63. The summed E-state index contributed by atoms with van der Waals surface area (Å²) < 4.78 is 34.3. The quantitative estimate of drug-likeness (QED) is 0.722. The molecule has 2 aromatic rings. The fraction of sp³-hybridized carbons (Fsp3) is 0.545. The Morgan fingerprint density at radius 1 is 1.18 bits per heavy atom. The van der Waals surface area contributed by atoms with Gasteiger partial charge in [-0.05, 0) is 57.7 Å². The summed E-state index contributed by atoms with van der Waals surface area (Å²) in [5.74, 6) is 1.44. The topological polar surface area (TPSA) is 58.6 Å². The molecule has 3 unspecified atom stereocenters. The first-order valence-corrected chi connectivity index (χ1v) is 11.6. The Bertz CT molecular complexity index is 913. The van der Waals surface area contributed by atoms with Gasteiger partial charge in [0.2, 0.25) is 10.0 Å². The predicted molar refractivity (Wildman–Crippen MR) is 114 cm³/mol. The summed E-state index contributed by atoms with van der Waals surface area (Å²) in [6, 6.07) is 11.3. The zero-order chi connectivity index (χ0) is 20.3. The average Bonchev–Trinajstić information content (AvgIpc) is 2.97. The molecule has 0 aromatic heterocycles. The number of hydrogen-bond donors (Lipinski definition) is 1. The molecule has 0 saturated carbocycles. The van der Waals surface area contributed by atoms with E-state index in [0.29, 0.717) is 22.1 Å². The van der Waals surface area contributed by atoms with Crippen LogP contribution in [0.5, 0.6) is 5.75 Å². The van der Waals surface area contributed by atoms with E-state index in [1.807, 2.05) is 31.2 Å². The van der Waals surface area contributed by atoms with E-state index < -0.39 is 10.0 Å². The van der Waals surface area contributed by atoms with E-state index in [1.54, 1.807) is 19.2 Å². The molecule has 3 atom stereocenters. The first-order valence-electron chi connectivity index (χ1n) is 10.1. The summed E-state index contributed by atoms with van der Waals surface area (Å²) in [5.41, 5.74) is 0. The minimum Gasteiger partial charge on any atom is -0.496 e. The molecule has 0 bridgehead atoms. The van der Waals surface area contributed by atoms with Gasteiger partial charge in [-0.1, -0.05) is 31.2 Å². The number of rotatable bonds is 8. The summed E-state index contributed by atoms with van der Waals surface area (Å²) in [6.07, 6.45) is 3.07. The lowest BCUT2D eigenvalue weighted by atomic mass is 10.1. The van der Waals surface area contributed by atoms with Crippen molar-refractivity contribution in [3.8, 4) is 5.75 Å². The highest BCUT2D eigenvalue weighted by molar-refractivity contribution is 7.89. The number of benzene rings is 2. The van der Waals surface area contributed by atoms with Gasteiger partial charge in [0.05, 0.1) is 12.0 Å². The lowest BCUT2D eigenvalue weighted by Crippen LogP contribution is -2.34. The molecule has 6 heteroatoms. The van der Waals surface area contributed by atoms with Crippen molar-refractivity contribution >= 4 is 20.8 Å². The highest BCUT2D eigenvalue weighted by atomic mass is 32.2. The Hall–Kier alpha value is -1.63. The standard InChI is InChI=1S/C22H32N2O3S/c1-16-14-18(3)24(15-16)13-7-8-17(2)23-28(25,26)22-12-11-21(27-4)19-9-5-6-10-20(19)22/h5-6,9-12,16-18,23H,7-8,13-15H2,1-4H3. The van der Waals surface area contributed by atoms with Crippen LogP contribution in [0.1, 0.15) is 40.0 Å². The molecule has 1 fully saturated rings. The van der Waals surface area contributed by atoms with E-state index in [4.69, 9.17) is 4.74 Å². The van der Waals surface area contributed by atoms with Gasteiger partial charge in [0, 0.05) is 29.4 Å². The van der Waals surface area contributed by atoms with E-state index in [0.717, 1.165) is 37.2 Å². The SMILES string of the molecule is COc1ccc(S(=O)(=O)NC(C)CCCN2CC(C)CC2C)c2ccccc12. The number of nitrogens with one attached hydrogen (secondary N) is 1. The van der Waals surface area contributed by atoms with Crippen molar-refractivity contribution < 1.29 is 13.2 Å². The van der Waals surface area contributed by atoms with Crippen LogP contribution in [0.15, 0.2) is 41.3 Å². The van der Waals surface area contributed by atoms with Crippen LogP contribution in [0.25, 0.3) is 10.8 Å². The third-order valence-electron chi connectivity index (χ3n) is 5.71. The van der Waals surface area contributed by atoms with E-state index >= 15 is 0 Å². The van der Waals surface area contributed by atoms with Crippen molar-refractivity contribution in [3.05, 3.63) is 36.4 Å². The fourth-order valence-corrected chi connectivity index (χ4v) is 5.83. The monoisotopic (exact) mass is 404 g/mol. The van der Waals surface area contributed by atoms with Crippen molar-refractivity contribution in [1.82, 2.24) is 9.62 Å². The second-order valence-electron chi connectivity index (χ2n) is 8.16. The molecule has 0 spiro atoms. The van der Waals surface area contributed by atoms with Crippen LogP contribution in [0.3, 0.4) is 0 Å². The smallest absolute Gasteiger partial charge is 0.241 e. The van der Waals surface area contributed by atoms with Gasteiger partial charge in [-0.3, -0.25) is 0 Å². The molecule has 3 rings (SSSR count). The van der Waals surface area contributed by atoms with Crippen molar-refractivity contribution in [1.29, 1.82) is 0 Å². The summed E-state index contributed by atoms with van der Waals surface area (Å²) in [7, 11) is -2.00. The molecule has 1 aliphatic heterocycles. The minimum absolute atomic E-state index is 0.110. The summed E-state index contributed by atoms with van der Waals surface area (Å²) in [5, 5.41) is 1.49. The Morgan fingerprint density at radius 2 is 1.89 bits per heavy atom. The van der Waals surface area contributed by atoms with Crippen LogP contribution < -0.4 is 9.46 Å². The number of sulfonamides is 1. The van der Waals surface area contributed by atoms with Crippen LogP contribution >= 0.6 is 0 Å². The number of methoxy groups -OCH3 is 1. The molecule has 0 amide bonds. The zero-order valence-electron chi connectivity index (χ0n) is 17.3. The Morgan fingerprint density at radius 3 is 2.54 bits per heavy atom. The molecule has 1 aliphatic rings. The molecule has 154 valence electrons. The highest BCUT2D eigenvalue weighted by Gasteiger charge is 2.26. The number of nitrogens with zero attached hydrogens (tertiary/aromatic N) is 1. The molecule has 2 aromatic carbocycles. The largest absolute Gasteiger partial charge is 0.496 e. The number of hydrogen-bond acceptors (Lipinski definition) is 4. The summed E-state index contributed by atoms with van der Waals surface area (Å²) in [6.45, 7) is 8.71. The van der Waals surface area contributed by atoms with Gasteiger partial charge in [-0.2, -0.15) is 0 Å². The predicted octanol–water partition coefficient (Wildman–Crippen LogP) is 4.03. The maximum atomic E-state index is 13.0. The molecule has 1 heterocycles. The first kappa shape index (κ1) is 21.1. The molecule has 1 saturated heterocycles. The molecule has 0 aliphatic carbocycles. The van der Waals surface area contributed by atoms with E-state index in [1.165, 1.54) is 6.42 Å². The Labute approximate surface area is 169 Å². The van der Waals surface area contributed by atoms with Gasteiger partial charge < -0.3 is 9.64 Å². The van der Waals surface area contributed by atoms with Gasteiger partial charge in [0.15, 0.2) is 0 Å². The second kappa shape index (κ2) is 8.80. The van der Waals surface area contributed by atoms with Crippen LogP contribution in [0.4, 0.5) is 0 Å². The molecule has 28 heavy (non-hydrogen) atoms. The Balaban J connectivity index is 1.66. The van der Waals surface area contributed by atoms with Gasteiger partial charge in [0.25, 0.3) is 0 Å². The van der Waals surface area contributed by atoms with E-state index in [-0.39, 0.29) is 6.04 Å². The first-order chi connectivity index (χ1) is 13.3. The summed E-state index contributed by atoms with van der Waals surface area (Å²) >= 11 is 0. The van der Waals surface area contributed by atoms with Crippen molar-refractivity contribution in [2.75, 3.05) is 20.2 Å². The fourth-order valence-electron chi connectivity index (χ4n) is 4.34. The van der Waals surface area contributed by atoms with Crippen LogP contribution in [-0.4, -0.2) is 45.6 Å². The highest BCUT2D eigenvalue weighted by Crippen LogP contribution is 2.31. The van der Waals surface area contributed by atoms with Crippen molar-refractivity contribution in [2.24, 2.45) is 5.92 Å². The molecule has 0 radical (unpaired) electrons. The molecule has 1 N–H and O–H groups in total. The molecular weight excluding hydrogens is 372 g/mol. The third kappa shape index (κ3) is 4.67. The minimum atomic E-state index is -3.60. The van der Waals surface area contributed by atoms with Crippen molar-refractivity contribution in [3.63, 3.8) is 0 Å². The van der Waals surface area contributed by atoms with Gasteiger partial charge in [0.1, 0.15) is 5.75 Å². The third-order valence-corrected chi connectivity index (χ3v) is 7.35. The average molecular weight is 405 g/mol. The number of fused-ring (bicyclic) bond motifs is 1. The van der Waals surface area contributed by atoms with Gasteiger partial charge in [-0.25, -0.2) is 13.1 Å². The number of likely N-dealkylation sites (tertiary alicyclic amines) is 1. The van der Waals surface area contributed by atoms with Crippen LogP contribution in [0.2, 0.25) is 0 Å². The summed E-state index contributed by atoms with van der Waals surface area (Å²) in [4.78, 5) is 2.82. The normalized spacial score (nSPS) is 21.9. The van der Waals surface area contributed by atoms with E-state index in [9.17, 15) is 8.42 Å². The van der Waals surface area contributed by atoms with Crippen molar-refractivity contribution in [2.45, 2.75) is 57.0 Å². The van der Waals surface area contributed by atoms with E-state index in [2.05, 4.69) is 23.5 Å². The lowest BCUT2D eigenvalue weighted by Gasteiger charge is -2.22. The maximum Gasteiger partial charge on any atom is 0.241 e. The number of ether oxygens (including phenoxy) is 1.